The molecular weight excluding hydrogens is 319 g/mol. The molecule has 0 unspecified atom stereocenters. The average molecular weight is 338 g/mol. The number of pyridine rings is 1. The lowest BCUT2D eigenvalue weighted by Gasteiger charge is -2.10. The summed E-state index contributed by atoms with van der Waals surface area (Å²) in [6.07, 6.45) is 0.829. The first-order valence-electron chi connectivity index (χ1n) is 8.17. The number of fused-ring (bicyclic) bond motifs is 1. The van der Waals surface area contributed by atoms with Gasteiger partial charge in [-0.1, -0.05) is 25.1 Å². The number of hydrogen-bond acceptors (Lipinski definition) is 2. The standard InChI is InChI=1S/C20H19FN2O2/c1-3-16-12(2)17-9-8-15(11-18(17)23-20(16)25)22-19(24)10-13-4-6-14(21)7-5-13/h4-9,11H,3,10H2,1-2H3,(H,22,24)(H,23,25). The zero-order valence-corrected chi connectivity index (χ0v) is 14.2. The average Bonchev–Trinajstić information content (AvgIpc) is 2.57. The Kier molecular flexibility index (Phi) is 4.65. The van der Waals surface area contributed by atoms with E-state index in [1.54, 1.807) is 18.2 Å². The zero-order chi connectivity index (χ0) is 18.0. The number of halogens is 1. The van der Waals surface area contributed by atoms with Crippen LogP contribution in [0.25, 0.3) is 10.9 Å². The second kappa shape index (κ2) is 6.89. The number of anilines is 1. The Morgan fingerprint density at radius 2 is 1.88 bits per heavy atom. The molecule has 0 radical (unpaired) electrons. The van der Waals surface area contributed by atoms with Gasteiger partial charge in [0.15, 0.2) is 0 Å². The van der Waals surface area contributed by atoms with E-state index in [4.69, 9.17) is 0 Å². The number of aromatic amines is 1. The third-order valence-corrected chi connectivity index (χ3v) is 4.31. The van der Waals surface area contributed by atoms with Gasteiger partial charge in [-0.25, -0.2) is 4.39 Å². The molecule has 128 valence electrons. The zero-order valence-electron chi connectivity index (χ0n) is 14.2. The molecule has 1 amide bonds. The van der Waals surface area contributed by atoms with Gasteiger partial charge in [-0.05, 0) is 48.7 Å². The second-order valence-electron chi connectivity index (χ2n) is 6.02. The van der Waals surface area contributed by atoms with E-state index in [1.165, 1.54) is 12.1 Å². The molecule has 1 aromatic heterocycles. The van der Waals surface area contributed by atoms with E-state index in [9.17, 15) is 14.0 Å². The van der Waals surface area contributed by atoms with Gasteiger partial charge in [-0.3, -0.25) is 9.59 Å². The molecule has 0 aliphatic rings. The summed E-state index contributed by atoms with van der Waals surface area (Å²) in [5, 5.41) is 3.78. The quantitative estimate of drug-likeness (QED) is 0.761. The Hall–Kier alpha value is -2.95. The fourth-order valence-electron chi connectivity index (χ4n) is 3.00. The Morgan fingerprint density at radius 1 is 1.16 bits per heavy atom. The van der Waals surface area contributed by atoms with Crippen LogP contribution in [0.2, 0.25) is 0 Å². The van der Waals surface area contributed by atoms with Gasteiger partial charge < -0.3 is 10.3 Å². The van der Waals surface area contributed by atoms with Crippen LogP contribution in [0.15, 0.2) is 47.3 Å². The monoisotopic (exact) mass is 338 g/mol. The molecule has 0 bridgehead atoms. The summed E-state index contributed by atoms with van der Waals surface area (Å²) in [4.78, 5) is 27.1. The summed E-state index contributed by atoms with van der Waals surface area (Å²) in [5.41, 5.74) is 3.68. The highest BCUT2D eigenvalue weighted by molar-refractivity contribution is 5.95. The third-order valence-electron chi connectivity index (χ3n) is 4.31. The fourth-order valence-corrected chi connectivity index (χ4v) is 3.00. The highest BCUT2D eigenvalue weighted by Crippen LogP contribution is 2.21. The molecule has 1 heterocycles. The van der Waals surface area contributed by atoms with Gasteiger partial charge in [-0.15, -0.1) is 0 Å². The van der Waals surface area contributed by atoms with Crippen LogP contribution in [-0.4, -0.2) is 10.9 Å². The van der Waals surface area contributed by atoms with E-state index in [0.717, 1.165) is 22.1 Å². The summed E-state index contributed by atoms with van der Waals surface area (Å²) in [5.74, 6) is -0.528. The molecule has 0 saturated carbocycles. The van der Waals surface area contributed by atoms with Crippen molar-refractivity contribution in [1.29, 1.82) is 0 Å². The molecule has 0 aliphatic carbocycles. The van der Waals surface area contributed by atoms with Crippen molar-refractivity contribution in [2.75, 3.05) is 5.32 Å². The van der Waals surface area contributed by atoms with Crippen LogP contribution in [0.3, 0.4) is 0 Å². The molecule has 5 heteroatoms. The Morgan fingerprint density at radius 3 is 2.56 bits per heavy atom. The molecule has 4 nitrogen and oxygen atoms in total. The second-order valence-corrected chi connectivity index (χ2v) is 6.02. The number of amides is 1. The Labute approximate surface area is 144 Å². The van der Waals surface area contributed by atoms with E-state index >= 15 is 0 Å². The highest BCUT2D eigenvalue weighted by Gasteiger charge is 2.09. The predicted octanol–water partition coefficient (Wildman–Crippen LogP) is 3.72. The number of carbonyl (C=O) groups is 1. The number of aryl methyl sites for hydroxylation is 1. The number of aromatic nitrogens is 1. The van der Waals surface area contributed by atoms with Crippen LogP contribution in [0, 0.1) is 12.7 Å². The van der Waals surface area contributed by atoms with Crippen LogP contribution in [0.4, 0.5) is 10.1 Å². The van der Waals surface area contributed by atoms with Gasteiger partial charge in [0.1, 0.15) is 5.82 Å². The lowest BCUT2D eigenvalue weighted by molar-refractivity contribution is -0.115. The van der Waals surface area contributed by atoms with Crippen molar-refractivity contribution in [2.24, 2.45) is 0 Å². The maximum atomic E-state index is 12.9. The maximum absolute atomic E-state index is 12.9. The fraction of sp³-hybridized carbons (Fsp3) is 0.200. The summed E-state index contributed by atoms with van der Waals surface area (Å²) in [6, 6.07) is 11.3. The van der Waals surface area contributed by atoms with Gasteiger partial charge in [0.05, 0.1) is 11.9 Å². The van der Waals surface area contributed by atoms with Crippen LogP contribution in [0.5, 0.6) is 0 Å². The first kappa shape index (κ1) is 16.9. The van der Waals surface area contributed by atoms with E-state index in [1.807, 2.05) is 26.0 Å². The molecule has 0 fully saturated rings. The topological polar surface area (TPSA) is 62.0 Å². The first-order valence-corrected chi connectivity index (χ1v) is 8.17. The Balaban J connectivity index is 1.83. The molecule has 0 atom stereocenters. The normalized spacial score (nSPS) is 10.8. The van der Waals surface area contributed by atoms with Crippen molar-refractivity contribution in [3.63, 3.8) is 0 Å². The summed E-state index contributed by atoms with van der Waals surface area (Å²) < 4.78 is 12.9. The van der Waals surface area contributed by atoms with Crippen LogP contribution in [0.1, 0.15) is 23.6 Å². The number of benzene rings is 2. The molecule has 25 heavy (non-hydrogen) atoms. The number of hydrogen-bond donors (Lipinski definition) is 2. The largest absolute Gasteiger partial charge is 0.326 e. The molecule has 2 N–H and O–H groups in total. The number of nitrogens with one attached hydrogen (secondary N) is 2. The number of rotatable bonds is 4. The van der Waals surface area contributed by atoms with Gasteiger partial charge in [0, 0.05) is 16.6 Å². The summed E-state index contributed by atoms with van der Waals surface area (Å²) in [6.45, 7) is 3.89. The van der Waals surface area contributed by atoms with Crippen LogP contribution < -0.4 is 10.9 Å². The highest BCUT2D eigenvalue weighted by atomic mass is 19.1. The van der Waals surface area contributed by atoms with Gasteiger partial charge in [0.2, 0.25) is 5.91 Å². The van der Waals surface area contributed by atoms with Gasteiger partial charge in [-0.2, -0.15) is 0 Å². The van der Waals surface area contributed by atoms with Crippen LogP contribution >= 0.6 is 0 Å². The smallest absolute Gasteiger partial charge is 0.251 e. The van der Waals surface area contributed by atoms with E-state index in [2.05, 4.69) is 10.3 Å². The molecule has 0 spiro atoms. The van der Waals surface area contributed by atoms with Crippen molar-refractivity contribution >= 4 is 22.5 Å². The van der Waals surface area contributed by atoms with Gasteiger partial charge in [0.25, 0.3) is 5.56 Å². The lowest BCUT2D eigenvalue weighted by Crippen LogP contribution is -2.16. The minimum Gasteiger partial charge on any atom is -0.326 e. The molecular formula is C20H19FN2O2. The number of carbonyl (C=O) groups excluding carboxylic acids is 1. The predicted molar refractivity (Wildman–Crippen MR) is 97.4 cm³/mol. The van der Waals surface area contributed by atoms with Crippen molar-refractivity contribution in [2.45, 2.75) is 26.7 Å². The summed E-state index contributed by atoms with van der Waals surface area (Å²) in [7, 11) is 0. The van der Waals surface area contributed by atoms with Crippen molar-refractivity contribution in [3.05, 3.63) is 75.3 Å². The molecule has 3 aromatic rings. The van der Waals surface area contributed by atoms with Crippen molar-refractivity contribution in [3.8, 4) is 0 Å². The van der Waals surface area contributed by atoms with Gasteiger partial charge >= 0.3 is 0 Å². The minimum absolute atomic E-state index is 0.0951. The molecule has 0 saturated heterocycles. The first-order chi connectivity index (χ1) is 12.0. The van der Waals surface area contributed by atoms with Crippen LogP contribution in [-0.2, 0) is 17.6 Å². The maximum Gasteiger partial charge on any atom is 0.251 e. The molecule has 3 rings (SSSR count). The molecule has 0 aliphatic heterocycles. The van der Waals surface area contributed by atoms with E-state index in [0.29, 0.717) is 17.6 Å². The lowest BCUT2D eigenvalue weighted by atomic mass is 10.0. The van der Waals surface area contributed by atoms with Crippen molar-refractivity contribution in [1.82, 2.24) is 4.98 Å². The van der Waals surface area contributed by atoms with Crippen molar-refractivity contribution < 1.29 is 9.18 Å². The molecule has 2 aromatic carbocycles. The SMILES string of the molecule is CCc1c(C)c2ccc(NC(=O)Cc3ccc(F)cc3)cc2[nH]c1=O. The minimum atomic E-state index is -0.329. The Bertz CT molecular complexity index is 991. The van der Waals surface area contributed by atoms with E-state index < -0.39 is 0 Å². The number of H-pyrrole nitrogens is 1. The van der Waals surface area contributed by atoms with E-state index in [-0.39, 0.29) is 23.7 Å². The third kappa shape index (κ3) is 3.60. The summed E-state index contributed by atoms with van der Waals surface area (Å²) >= 11 is 0.